The molecular formula is C13H16ClN3O. The minimum atomic E-state index is 0.00696. The van der Waals surface area contributed by atoms with Gasteiger partial charge in [-0.2, -0.15) is 0 Å². The molecule has 1 atom stereocenters. The van der Waals surface area contributed by atoms with Gasteiger partial charge in [-0.05, 0) is 43.4 Å². The number of nitrogens with zero attached hydrogens (tertiary/aromatic N) is 3. The molecule has 1 saturated heterocycles. The van der Waals surface area contributed by atoms with E-state index in [1.54, 1.807) is 0 Å². The number of aryl methyl sites for hydroxylation is 1. The smallest absolute Gasteiger partial charge is 0.152 e. The molecule has 0 bridgehead atoms. The topological polar surface area (TPSA) is 39.9 Å². The summed E-state index contributed by atoms with van der Waals surface area (Å²) in [5.41, 5.74) is 4.20. The van der Waals surface area contributed by atoms with Gasteiger partial charge in [0, 0.05) is 12.5 Å². The highest BCUT2D eigenvalue weighted by atomic mass is 35.5. The van der Waals surface area contributed by atoms with Crippen LogP contribution in [0.2, 0.25) is 0 Å². The fraction of sp³-hybridized carbons (Fsp3) is 0.538. The number of fused-ring (bicyclic) bond motifs is 1. The molecule has 1 aliphatic heterocycles. The number of benzene rings is 1. The van der Waals surface area contributed by atoms with Crippen LogP contribution in [0.5, 0.6) is 0 Å². The van der Waals surface area contributed by atoms with Crippen LogP contribution < -0.4 is 0 Å². The number of aromatic nitrogens is 3. The number of alkyl halides is 1. The molecule has 3 rings (SSSR count). The molecule has 1 aliphatic rings. The quantitative estimate of drug-likeness (QED) is 0.783. The van der Waals surface area contributed by atoms with Gasteiger partial charge in [0.1, 0.15) is 5.52 Å². The maximum Gasteiger partial charge on any atom is 0.152 e. The molecule has 1 aromatic heterocycles. The van der Waals surface area contributed by atoms with Crippen molar-refractivity contribution >= 4 is 22.6 Å². The van der Waals surface area contributed by atoms with E-state index in [0.717, 1.165) is 36.0 Å². The number of hydrogen-bond acceptors (Lipinski definition) is 3. The molecule has 1 aromatic carbocycles. The van der Waals surface area contributed by atoms with Crippen LogP contribution in [0.4, 0.5) is 0 Å². The Kier molecular flexibility index (Phi) is 3.22. The number of ether oxygens (including phenoxy) is 1. The summed E-state index contributed by atoms with van der Waals surface area (Å²) in [5, 5.41) is 8.47. The highest BCUT2D eigenvalue weighted by Crippen LogP contribution is 2.29. The van der Waals surface area contributed by atoms with E-state index in [9.17, 15) is 0 Å². The molecule has 1 unspecified atom stereocenters. The number of halogens is 1. The van der Waals surface area contributed by atoms with Gasteiger partial charge in [0.25, 0.3) is 0 Å². The second kappa shape index (κ2) is 4.86. The molecular weight excluding hydrogens is 250 g/mol. The van der Waals surface area contributed by atoms with Gasteiger partial charge in [0.05, 0.1) is 5.52 Å². The molecule has 0 aliphatic carbocycles. The summed E-state index contributed by atoms with van der Waals surface area (Å²) in [5.74, 6) is 0.475. The zero-order chi connectivity index (χ0) is 12.5. The average Bonchev–Trinajstić information content (AvgIpc) is 2.83. The predicted molar refractivity (Wildman–Crippen MR) is 70.7 cm³/mol. The first-order valence-corrected chi connectivity index (χ1v) is 6.85. The first kappa shape index (κ1) is 11.9. The van der Waals surface area contributed by atoms with E-state index in [0.29, 0.717) is 5.88 Å². The van der Waals surface area contributed by atoms with Gasteiger partial charge in [-0.15, -0.1) is 16.7 Å². The summed E-state index contributed by atoms with van der Waals surface area (Å²) in [6, 6.07) is 4.04. The Balaban J connectivity index is 2.14. The van der Waals surface area contributed by atoms with Gasteiger partial charge < -0.3 is 4.74 Å². The van der Waals surface area contributed by atoms with Gasteiger partial charge in [-0.3, -0.25) is 0 Å². The zero-order valence-electron chi connectivity index (χ0n) is 10.4. The van der Waals surface area contributed by atoms with E-state index in [-0.39, 0.29) is 6.23 Å². The summed E-state index contributed by atoms with van der Waals surface area (Å²) < 4.78 is 7.69. The van der Waals surface area contributed by atoms with Crippen molar-refractivity contribution in [2.75, 3.05) is 6.61 Å². The van der Waals surface area contributed by atoms with Crippen LogP contribution in [0, 0.1) is 6.92 Å². The van der Waals surface area contributed by atoms with Gasteiger partial charge in [0.15, 0.2) is 6.23 Å². The Morgan fingerprint density at radius 2 is 2.33 bits per heavy atom. The first-order valence-electron chi connectivity index (χ1n) is 6.32. The van der Waals surface area contributed by atoms with Crippen LogP contribution in [0.1, 0.15) is 36.6 Å². The van der Waals surface area contributed by atoms with Crippen molar-refractivity contribution in [2.45, 2.75) is 38.3 Å². The summed E-state index contributed by atoms with van der Waals surface area (Å²) >= 11 is 6.07. The molecule has 2 aromatic rings. The lowest BCUT2D eigenvalue weighted by atomic mass is 10.1. The fourth-order valence-corrected chi connectivity index (χ4v) is 2.83. The molecule has 2 heterocycles. The molecule has 0 amide bonds. The predicted octanol–water partition coefficient (Wildman–Crippen LogP) is 3.18. The van der Waals surface area contributed by atoms with Crippen molar-refractivity contribution in [3.63, 3.8) is 0 Å². The Labute approximate surface area is 111 Å². The minimum Gasteiger partial charge on any atom is -0.356 e. The maximum atomic E-state index is 6.07. The van der Waals surface area contributed by atoms with Gasteiger partial charge in [-0.25, -0.2) is 4.68 Å². The Hall–Kier alpha value is -1.13. The summed E-state index contributed by atoms with van der Waals surface area (Å²) in [6.07, 6.45) is 3.31. The lowest BCUT2D eigenvalue weighted by molar-refractivity contribution is -0.0378. The van der Waals surface area contributed by atoms with Crippen molar-refractivity contribution in [3.8, 4) is 0 Å². The second-order valence-corrected chi connectivity index (χ2v) is 4.98. The Morgan fingerprint density at radius 1 is 1.44 bits per heavy atom. The molecule has 96 valence electrons. The van der Waals surface area contributed by atoms with Crippen LogP contribution in [-0.2, 0) is 10.6 Å². The van der Waals surface area contributed by atoms with E-state index in [2.05, 4.69) is 17.2 Å². The fourth-order valence-electron chi connectivity index (χ4n) is 2.49. The molecule has 18 heavy (non-hydrogen) atoms. The zero-order valence-corrected chi connectivity index (χ0v) is 11.2. The third kappa shape index (κ3) is 1.89. The third-order valence-corrected chi connectivity index (χ3v) is 3.80. The number of rotatable bonds is 2. The van der Waals surface area contributed by atoms with Crippen LogP contribution in [0.15, 0.2) is 12.1 Å². The van der Waals surface area contributed by atoms with E-state index in [4.69, 9.17) is 16.3 Å². The average molecular weight is 266 g/mol. The standard InChI is InChI=1S/C13H16ClN3O/c1-9-5-6-11-13(10(9)8-14)17(16-15-11)12-4-2-3-7-18-12/h5-6,12H,2-4,7-8H2,1H3. The van der Waals surface area contributed by atoms with Crippen molar-refractivity contribution in [2.24, 2.45) is 0 Å². The van der Waals surface area contributed by atoms with E-state index in [1.165, 1.54) is 12.0 Å². The monoisotopic (exact) mass is 265 g/mol. The molecule has 4 nitrogen and oxygen atoms in total. The van der Waals surface area contributed by atoms with Crippen LogP contribution in [-0.4, -0.2) is 21.6 Å². The second-order valence-electron chi connectivity index (χ2n) is 4.72. The van der Waals surface area contributed by atoms with E-state index >= 15 is 0 Å². The van der Waals surface area contributed by atoms with Crippen molar-refractivity contribution in [1.29, 1.82) is 0 Å². The summed E-state index contributed by atoms with van der Waals surface area (Å²) in [7, 11) is 0. The van der Waals surface area contributed by atoms with Crippen LogP contribution in [0.3, 0.4) is 0 Å². The first-order chi connectivity index (χ1) is 8.81. The Morgan fingerprint density at radius 3 is 3.06 bits per heavy atom. The van der Waals surface area contributed by atoms with Crippen molar-refractivity contribution in [3.05, 3.63) is 23.3 Å². The highest BCUT2D eigenvalue weighted by Gasteiger charge is 2.21. The van der Waals surface area contributed by atoms with Gasteiger partial charge in [-0.1, -0.05) is 11.3 Å². The Bertz CT molecular complexity index is 561. The van der Waals surface area contributed by atoms with E-state index < -0.39 is 0 Å². The molecule has 0 saturated carbocycles. The summed E-state index contributed by atoms with van der Waals surface area (Å²) in [6.45, 7) is 2.87. The number of hydrogen-bond donors (Lipinski definition) is 0. The molecule has 0 spiro atoms. The highest BCUT2D eigenvalue weighted by molar-refractivity contribution is 6.18. The van der Waals surface area contributed by atoms with Gasteiger partial charge in [0.2, 0.25) is 0 Å². The third-order valence-electron chi connectivity index (χ3n) is 3.54. The van der Waals surface area contributed by atoms with Crippen molar-refractivity contribution in [1.82, 2.24) is 15.0 Å². The molecule has 1 fully saturated rings. The van der Waals surface area contributed by atoms with E-state index in [1.807, 2.05) is 16.8 Å². The largest absolute Gasteiger partial charge is 0.356 e. The summed E-state index contributed by atoms with van der Waals surface area (Å²) in [4.78, 5) is 0. The van der Waals surface area contributed by atoms with Crippen molar-refractivity contribution < 1.29 is 4.74 Å². The maximum absolute atomic E-state index is 6.07. The minimum absolute atomic E-state index is 0.00696. The lowest BCUT2D eigenvalue weighted by Crippen LogP contribution is -2.19. The lowest BCUT2D eigenvalue weighted by Gasteiger charge is -2.23. The molecule has 0 radical (unpaired) electrons. The van der Waals surface area contributed by atoms with Crippen LogP contribution in [0.25, 0.3) is 11.0 Å². The molecule has 5 heteroatoms. The SMILES string of the molecule is Cc1ccc2nnn(C3CCCCO3)c2c1CCl. The van der Waals surface area contributed by atoms with Gasteiger partial charge >= 0.3 is 0 Å². The molecule has 0 N–H and O–H groups in total. The van der Waals surface area contributed by atoms with Crippen LogP contribution >= 0.6 is 11.6 Å². The normalized spacial score (nSPS) is 20.4.